The van der Waals surface area contributed by atoms with E-state index in [0.29, 0.717) is 17.6 Å². The normalized spacial score (nSPS) is 13.0. The summed E-state index contributed by atoms with van der Waals surface area (Å²) in [5.41, 5.74) is -0.654. The van der Waals surface area contributed by atoms with Gasteiger partial charge in [-0.15, -0.1) is 0 Å². The second-order valence-corrected chi connectivity index (χ2v) is 6.97. The van der Waals surface area contributed by atoms with Crippen molar-refractivity contribution in [3.8, 4) is 23.4 Å². The monoisotopic (exact) mass is 461 g/mol. The summed E-state index contributed by atoms with van der Waals surface area (Å²) in [4.78, 5) is 20.3. The molecule has 164 valence electrons. The maximum absolute atomic E-state index is 12.7. The average Bonchev–Trinajstić information content (AvgIpc) is 2.77. The van der Waals surface area contributed by atoms with Crippen molar-refractivity contribution in [2.45, 2.75) is 25.1 Å². The Hall–Kier alpha value is -3.64. The van der Waals surface area contributed by atoms with Gasteiger partial charge in [0.2, 0.25) is 5.88 Å². The van der Waals surface area contributed by atoms with E-state index in [0.717, 1.165) is 6.07 Å². The van der Waals surface area contributed by atoms with Gasteiger partial charge in [0.1, 0.15) is 16.5 Å². The van der Waals surface area contributed by atoms with Crippen LogP contribution in [0.25, 0.3) is 0 Å². The number of aromatic nitrogens is 2. The molecular formula is C22H15ClF3N3O3. The number of nitriles is 1. The highest BCUT2D eigenvalue weighted by Gasteiger charge is 2.32. The molecule has 0 aliphatic heterocycles. The zero-order valence-corrected chi connectivity index (χ0v) is 17.3. The van der Waals surface area contributed by atoms with Gasteiger partial charge in [-0.2, -0.15) is 18.4 Å². The first kappa shape index (κ1) is 23.0. The molecule has 0 saturated heterocycles. The van der Waals surface area contributed by atoms with Crippen LogP contribution < -0.4 is 9.47 Å². The van der Waals surface area contributed by atoms with E-state index in [9.17, 15) is 23.2 Å². The zero-order chi connectivity index (χ0) is 23.3. The van der Waals surface area contributed by atoms with Crippen LogP contribution in [0.4, 0.5) is 13.2 Å². The van der Waals surface area contributed by atoms with Crippen molar-refractivity contribution in [1.82, 2.24) is 9.97 Å². The third kappa shape index (κ3) is 5.53. The summed E-state index contributed by atoms with van der Waals surface area (Å²) >= 11 is 5.83. The number of hydrogen-bond donors (Lipinski definition) is 0. The topological polar surface area (TPSA) is 85.1 Å². The SMILES string of the molecule is CC(Oc1ccc(Oc2ncc(C(F)(F)F)cc2Cl)cc1)C(=O)C(C#N)c1ccccn1. The number of pyridine rings is 2. The standard InChI is InChI=1S/C22H15ClF3N3O3/c1-13(20(30)17(11-27)19-4-2-3-9-28-19)31-15-5-7-16(8-6-15)32-21-18(23)10-14(12-29-21)22(24,25)26/h2-10,12-13,17H,1H3. The van der Waals surface area contributed by atoms with Crippen molar-refractivity contribution in [1.29, 1.82) is 5.26 Å². The number of nitrogens with zero attached hydrogens (tertiary/aromatic N) is 3. The molecule has 0 saturated carbocycles. The minimum Gasteiger partial charge on any atom is -0.483 e. The fraction of sp³-hybridized carbons (Fsp3) is 0.182. The van der Waals surface area contributed by atoms with Crippen LogP contribution in [0.3, 0.4) is 0 Å². The predicted molar refractivity (Wildman–Crippen MR) is 108 cm³/mol. The molecule has 2 atom stereocenters. The molecule has 0 aliphatic carbocycles. The smallest absolute Gasteiger partial charge is 0.417 e. The van der Waals surface area contributed by atoms with Crippen LogP contribution in [0.15, 0.2) is 60.9 Å². The minimum absolute atomic E-state index is 0.191. The number of halogens is 4. The van der Waals surface area contributed by atoms with E-state index < -0.39 is 29.5 Å². The lowest BCUT2D eigenvalue weighted by molar-refractivity contribution is -0.137. The van der Waals surface area contributed by atoms with Gasteiger partial charge in [-0.05, 0) is 49.4 Å². The molecule has 0 spiro atoms. The maximum Gasteiger partial charge on any atom is 0.417 e. The summed E-state index contributed by atoms with van der Waals surface area (Å²) in [6.45, 7) is 1.52. The van der Waals surface area contributed by atoms with E-state index in [1.807, 2.05) is 6.07 Å². The van der Waals surface area contributed by atoms with Gasteiger partial charge < -0.3 is 9.47 Å². The van der Waals surface area contributed by atoms with E-state index in [4.69, 9.17) is 21.1 Å². The van der Waals surface area contributed by atoms with E-state index in [2.05, 4.69) is 9.97 Å². The van der Waals surface area contributed by atoms with Gasteiger partial charge in [-0.3, -0.25) is 9.78 Å². The highest BCUT2D eigenvalue weighted by atomic mass is 35.5. The number of carbonyl (C=O) groups excluding carboxylic acids is 1. The Morgan fingerprint density at radius 1 is 1.12 bits per heavy atom. The Balaban J connectivity index is 1.66. The maximum atomic E-state index is 12.7. The first-order valence-corrected chi connectivity index (χ1v) is 9.58. The molecule has 0 bridgehead atoms. The predicted octanol–water partition coefficient (Wildman–Crippen LogP) is 5.58. The molecule has 0 fully saturated rings. The van der Waals surface area contributed by atoms with Gasteiger partial charge in [-0.1, -0.05) is 17.7 Å². The van der Waals surface area contributed by atoms with Crippen LogP contribution in [0.5, 0.6) is 17.4 Å². The van der Waals surface area contributed by atoms with Gasteiger partial charge in [0, 0.05) is 12.4 Å². The van der Waals surface area contributed by atoms with E-state index in [1.165, 1.54) is 37.4 Å². The van der Waals surface area contributed by atoms with Crippen molar-refractivity contribution in [3.63, 3.8) is 0 Å². The summed E-state index contributed by atoms with van der Waals surface area (Å²) in [5.74, 6) is -1.14. The zero-order valence-electron chi connectivity index (χ0n) is 16.5. The van der Waals surface area contributed by atoms with Gasteiger partial charge in [0.25, 0.3) is 0 Å². The Morgan fingerprint density at radius 2 is 1.81 bits per heavy atom. The number of Topliss-reactive ketones (excluding diaryl/α,β-unsaturated/α-hetero) is 1. The van der Waals surface area contributed by atoms with Gasteiger partial charge in [-0.25, -0.2) is 4.98 Å². The first-order chi connectivity index (χ1) is 15.2. The third-order valence-corrected chi connectivity index (χ3v) is 4.55. The molecular weight excluding hydrogens is 447 g/mol. The quantitative estimate of drug-likeness (QED) is 0.456. The molecule has 2 unspecified atom stereocenters. The van der Waals surface area contributed by atoms with Gasteiger partial charge in [0.15, 0.2) is 17.8 Å². The molecule has 3 rings (SSSR count). The average molecular weight is 462 g/mol. The summed E-state index contributed by atoms with van der Waals surface area (Å²) < 4.78 is 49.1. The molecule has 3 aromatic rings. The molecule has 0 amide bonds. The molecule has 2 heterocycles. The largest absolute Gasteiger partial charge is 0.483 e. The van der Waals surface area contributed by atoms with Crippen molar-refractivity contribution in [2.75, 3.05) is 0 Å². The van der Waals surface area contributed by atoms with E-state index >= 15 is 0 Å². The van der Waals surface area contributed by atoms with Gasteiger partial charge in [0.05, 0.1) is 17.3 Å². The van der Waals surface area contributed by atoms with E-state index in [1.54, 1.807) is 18.2 Å². The van der Waals surface area contributed by atoms with Crippen LogP contribution in [-0.2, 0) is 11.0 Å². The minimum atomic E-state index is -4.57. The van der Waals surface area contributed by atoms with Crippen molar-refractivity contribution in [2.24, 2.45) is 0 Å². The van der Waals surface area contributed by atoms with Gasteiger partial charge >= 0.3 is 6.18 Å². The highest BCUT2D eigenvalue weighted by Crippen LogP contribution is 2.35. The molecule has 0 N–H and O–H groups in total. The molecule has 32 heavy (non-hydrogen) atoms. The third-order valence-electron chi connectivity index (χ3n) is 4.28. The fourth-order valence-electron chi connectivity index (χ4n) is 2.67. The second-order valence-electron chi connectivity index (χ2n) is 6.56. The Morgan fingerprint density at radius 3 is 2.38 bits per heavy atom. The lowest BCUT2D eigenvalue weighted by Crippen LogP contribution is -2.29. The highest BCUT2D eigenvalue weighted by molar-refractivity contribution is 6.31. The van der Waals surface area contributed by atoms with Crippen molar-refractivity contribution in [3.05, 3.63) is 77.2 Å². The molecule has 0 radical (unpaired) electrons. The summed E-state index contributed by atoms with van der Waals surface area (Å²) in [6.07, 6.45) is -3.38. The molecule has 1 aromatic carbocycles. The van der Waals surface area contributed by atoms with Crippen LogP contribution in [0.1, 0.15) is 24.1 Å². The van der Waals surface area contributed by atoms with Crippen LogP contribution in [0, 0.1) is 11.3 Å². The van der Waals surface area contributed by atoms with Crippen molar-refractivity contribution >= 4 is 17.4 Å². The molecule has 10 heteroatoms. The summed E-state index contributed by atoms with van der Waals surface area (Å²) in [7, 11) is 0. The number of rotatable bonds is 7. The number of benzene rings is 1. The first-order valence-electron chi connectivity index (χ1n) is 9.20. The van der Waals surface area contributed by atoms with Crippen LogP contribution in [-0.4, -0.2) is 21.9 Å². The lowest BCUT2D eigenvalue weighted by atomic mass is 9.98. The number of alkyl halides is 3. The molecule has 6 nitrogen and oxygen atoms in total. The van der Waals surface area contributed by atoms with E-state index in [-0.39, 0.29) is 16.7 Å². The molecule has 0 aliphatic rings. The fourth-order valence-corrected chi connectivity index (χ4v) is 2.88. The number of ether oxygens (including phenoxy) is 2. The number of carbonyl (C=O) groups is 1. The number of hydrogen-bond acceptors (Lipinski definition) is 6. The number of ketones is 1. The van der Waals surface area contributed by atoms with Crippen LogP contribution >= 0.6 is 11.6 Å². The Kier molecular flexibility index (Phi) is 6.95. The lowest BCUT2D eigenvalue weighted by Gasteiger charge is -2.16. The van der Waals surface area contributed by atoms with Crippen LogP contribution in [0.2, 0.25) is 5.02 Å². The Labute approximate surface area is 186 Å². The second kappa shape index (κ2) is 9.66. The van der Waals surface area contributed by atoms with Crippen molar-refractivity contribution < 1.29 is 27.4 Å². The summed E-state index contributed by atoms with van der Waals surface area (Å²) in [6, 6.07) is 13.6. The summed E-state index contributed by atoms with van der Waals surface area (Å²) in [5, 5.41) is 9.07. The molecule has 2 aromatic heterocycles. The Bertz CT molecular complexity index is 1130.